The standard InChI is InChI=1S/C20H28O3/c1-2-3-4-5-6-7-8-9-10-11-12-17-13-18(15-21)20(23)19(14-17)16-22/h11-16,23H,2-10H2,1H3/b12-11+. The van der Waals surface area contributed by atoms with Crippen molar-refractivity contribution in [2.24, 2.45) is 0 Å². The normalized spacial score (nSPS) is 11.0. The summed E-state index contributed by atoms with van der Waals surface area (Å²) in [6.07, 6.45) is 16.5. The molecule has 0 saturated heterocycles. The highest BCUT2D eigenvalue weighted by molar-refractivity contribution is 5.89. The van der Waals surface area contributed by atoms with Gasteiger partial charge >= 0.3 is 0 Å². The van der Waals surface area contributed by atoms with Crippen molar-refractivity contribution in [1.82, 2.24) is 0 Å². The van der Waals surface area contributed by atoms with Crippen LogP contribution in [0.15, 0.2) is 18.2 Å². The Hall–Kier alpha value is -1.90. The molecule has 126 valence electrons. The van der Waals surface area contributed by atoms with Crippen LogP contribution in [0.2, 0.25) is 0 Å². The van der Waals surface area contributed by atoms with Crippen LogP contribution in [-0.4, -0.2) is 17.7 Å². The first-order valence-electron chi connectivity index (χ1n) is 8.66. The summed E-state index contributed by atoms with van der Waals surface area (Å²) in [6, 6.07) is 3.19. The number of unbranched alkanes of at least 4 members (excludes halogenated alkanes) is 8. The minimum Gasteiger partial charge on any atom is -0.506 e. The second-order valence-corrected chi connectivity index (χ2v) is 5.95. The molecule has 3 nitrogen and oxygen atoms in total. The van der Waals surface area contributed by atoms with E-state index in [2.05, 4.69) is 13.0 Å². The third kappa shape index (κ3) is 7.27. The topological polar surface area (TPSA) is 54.4 Å². The van der Waals surface area contributed by atoms with Crippen LogP contribution in [0.3, 0.4) is 0 Å². The fourth-order valence-electron chi connectivity index (χ4n) is 2.60. The summed E-state index contributed by atoms with van der Waals surface area (Å²) in [6.45, 7) is 2.23. The van der Waals surface area contributed by atoms with E-state index in [9.17, 15) is 14.7 Å². The van der Waals surface area contributed by atoms with Gasteiger partial charge in [-0.3, -0.25) is 9.59 Å². The van der Waals surface area contributed by atoms with Crippen molar-refractivity contribution < 1.29 is 14.7 Å². The summed E-state index contributed by atoms with van der Waals surface area (Å²) in [4.78, 5) is 21.8. The summed E-state index contributed by atoms with van der Waals surface area (Å²) in [5, 5.41) is 9.67. The van der Waals surface area contributed by atoms with Crippen molar-refractivity contribution in [3.63, 3.8) is 0 Å². The van der Waals surface area contributed by atoms with Crippen LogP contribution in [0.4, 0.5) is 0 Å². The summed E-state index contributed by atoms with van der Waals surface area (Å²) < 4.78 is 0. The smallest absolute Gasteiger partial charge is 0.153 e. The van der Waals surface area contributed by atoms with E-state index < -0.39 is 0 Å². The molecule has 3 heteroatoms. The van der Waals surface area contributed by atoms with Gasteiger partial charge in [0.2, 0.25) is 0 Å². The Morgan fingerprint density at radius 2 is 1.39 bits per heavy atom. The Balaban J connectivity index is 2.32. The van der Waals surface area contributed by atoms with Crippen molar-refractivity contribution in [3.05, 3.63) is 34.9 Å². The lowest BCUT2D eigenvalue weighted by molar-refractivity contribution is 0.112. The largest absolute Gasteiger partial charge is 0.506 e. The molecule has 0 bridgehead atoms. The number of carbonyl (C=O) groups is 2. The van der Waals surface area contributed by atoms with Crippen LogP contribution in [0.5, 0.6) is 5.75 Å². The molecule has 0 radical (unpaired) electrons. The molecule has 0 aliphatic heterocycles. The van der Waals surface area contributed by atoms with E-state index in [4.69, 9.17) is 0 Å². The number of allylic oxidation sites excluding steroid dienone is 1. The van der Waals surface area contributed by atoms with Gasteiger partial charge in [0.1, 0.15) is 5.75 Å². The maximum Gasteiger partial charge on any atom is 0.153 e. The van der Waals surface area contributed by atoms with E-state index >= 15 is 0 Å². The van der Waals surface area contributed by atoms with Gasteiger partial charge in [0, 0.05) is 0 Å². The number of benzene rings is 1. The number of phenolic OH excluding ortho intramolecular Hbond substituents is 1. The summed E-state index contributed by atoms with van der Waals surface area (Å²) >= 11 is 0. The first-order chi connectivity index (χ1) is 11.2. The van der Waals surface area contributed by atoms with E-state index in [0.29, 0.717) is 12.6 Å². The molecule has 0 aromatic heterocycles. The second kappa shape index (κ2) is 11.6. The van der Waals surface area contributed by atoms with E-state index in [0.717, 1.165) is 18.4 Å². The summed E-state index contributed by atoms with van der Waals surface area (Å²) in [5.74, 6) is -0.241. The van der Waals surface area contributed by atoms with Crippen LogP contribution >= 0.6 is 0 Å². The molecule has 1 aromatic rings. The van der Waals surface area contributed by atoms with Gasteiger partial charge < -0.3 is 5.11 Å². The number of aromatic hydroxyl groups is 1. The van der Waals surface area contributed by atoms with Gasteiger partial charge in [-0.05, 0) is 30.5 Å². The molecule has 1 rings (SSSR count). The third-order valence-corrected chi connectivity index (χ3v) is 3.98. The van der Waals surface area contributed by atoms with Crippen LogP contribution < -0.4 is 0 Å². The maximum absolute atomic E-state index is 10.9. The minimum atomic E-state index is -0.241. The van der Waals surface area contributed by atoms with E-state index in [-0.39, 0.29) is 16.9 Å². The molecule has 0 saturated carbocycles. The van der Waals surface area contributed by atoms with Crippen LogP contribution in [-0.2, 0) is 0 Å². The minimum absolute atomic E-state index is 0.154. The molecule has 0 fully saturated rings. The summed E-state index contributed by atoms with van der Waals surface area (Å²) in [5.41, 5.74) is 1.08. The average Bonchev–Trinajstić information content (AvgIpc) is 2.57. The molecular formula is C20H28O3. The van der Waals surface area contributed by atoms with Crippen LogP contribution in [0.25, 0.3) is 6.08 Å². The Kier molecular flexibility index (Phi) is 9.69. The molecule has 0 unspecified atom stereocenters. The van der Waals surface area contributed by atoms with Gasteiger partial charge in [-0.2, -0.15) is 0 Å². The third-order valence-electron chi connectivity index (χ3n) is 3.98. The molecular weight excluding hydrogens is 288 g/mol. The number of hydrogen-bond donors (Lipinski definition) is 1. The van der Waals surface area contributed by atoms with Crippen molar-refractivity contribution in [2.75, 3.05) is 0 Å². The number of rotatable bonds is 12. The number of hydrogen-bond acceptors (Lipinski definition) is 3. The van der Waals surface area contributed by atoms with Gasteiger partial charge in [0.25, 0.3) is 0 Å². The first-order valence-corrected chi connectivity index (χ1v) is 8.66. The second-order valence-electron chi connectivity index (χ2n) is 5.95. The van der Waals surface area contributed by atoms with Crippen molar-refractivity contribution >= 4 is 18.6 Å². The SMILES string of the molecule is CCCCCCCCCC/C=C/c1cc(C=O)c(O)c(C=O)c1. The predicted molar refractivity (Wildman–Crippen MR) is 95.1 cm³/mol. The van der Waals surface area contributed by atoms with E-state index in [1.807, 2.05) is 6.08 Å². The van der Waals surface area contributed by atoms with Crippen LogP contribution in [0, 0.1) is 0 Å². The number of carbonyl (C=O) groups excluding carboxylic acids is 2. The zero-order chi connectivity index (χ0) is 16.9. The molecule has 23 heavy (non-hydrogen) atoms. The lowest BCUT2D eigenvalue weighted by Crippen LogP contribution is -1.90. The Morgan fingerprint density at radius 1 is 0.870 bits per heavy atom. The van der Waals surface area contributed by atoms with Gasteiger partial charge in [-0.15, -0.1) is 0 Å². The highest BCUT2D eigenvalue weighted by atomic mass is 16.3. The predicted octanol–water partition coefficient (Wildman–Crippen LogP) is 5.56. The fraction of sp³-hybridized carbons (Fsp3) is 0.500. The van der Waals surface area contributed by atoms with Crippen molar-refractivity contribution in [3.8, 4) is 5.75 Å². The molecule has 0 heterocycles. The lowest BCUT2D eigenvalue weighted by Gasteiger charge is -2.03. The quantitative estimate of drug-likeness (QED) is 0.405. The first kappa shape index (κ1) is 19.1. The summed E-state index contributed by atoms with van der Waals surface area (Å²) in [7, 11) is 0. The Labute approximate surface area is 139 Å². The Morgan fingerprint density at radius 3 is 1.91 bits per heavy atom. The van der Waals surface area contributed by atoms with Crippen LogP contribution in [0.1, 0.15) is 91.0 Å². The molecule has 0 amide bonds. The van der Waals surface area contributed by atoms with Crippen molar-refractivity contribution in [1.29, 1.82) is 0 Å². The fourth-order valence-corrected chi connectivity index (χ4v) is 2.60. The zero-order valence-electron chi connectivity index (χ0n) is 14.1. The van der Waals surface area contributed by atoms with Crippen molar-refractivity contribution in [2.45, 2.75) is 64.7 Å². The average molecular weight is 316 g/mol. The monoisotopic (exact) mass is 316 g/mol. The molecule has 0 atom stereocenters. The molecule has 1 N–H and O–H groups in total. The van der Waals surface area contributed by atoms with Gasteiger partial charge in [-0.1, -0.05) is 64.0 Å². The number of phenols is 1. The Bertz CT molecular complexity index is 489. The molecule has 0 aliphatic rings. The molecule has 0 spiro atoms. The number of aldehydes is 2. The van der Waals surface area contributed by atoms with E-state index in [1.54, 1.807) is 12.1 Å². The van der Waals surface area contributed by atoms with Gasteiger partial charge in [0.15, 0.2) is 12.6 Å². The molecule has 0 aliphatic carbocycles. The highest BCUT2D eigenvalue weighted by Gasteiger charge is 2.07. The van der Waals surface area contributed by atoms with Gasteiger partial charge in [0.05, 0.1) is 11.1 Å². The van der Waals surface area contributed by atoms with E-state index in [1.165, 1.54) is 44.9 Å². The maximum atomic E-state index is 10.9. The zero-order valence-corrected chi connectivity index (χ0v) is 14.1. The molecule has 1 aromatic carbocycles. The van der Waals surface area contributed by atoms with Gasteiger partial charge in [-0.25, -0.2) is 0 Å². The lowest BCUT2D eigenvalue weighted by atomic mass is 10.0. The highest BCUT2D eigenvalue weighted by Crippen LogP contribution is 2.23.